The van der Waals surface area contributed by atoms with Gasteiger partial charge in [0.1, 0.15) is 0 Å². The van der Waals surface area contributed by atoms with E-state index in [9.17, 15) is 9.90 Å². The molecule has 0 aromatic heterocycles. The second-order valence-corrected chi connectivity index (χ2v) is 5.06. The van der Waals surface area contributed by atoms with Gasteiger partial charge in [0, 0.05) is 4.47 Å². The van der Waals surface area contributed by atoms with Crippen molar-refractivity contribution in [3.63, 3.8) is 0 Å². The number of halogens is 1. The van der Waals surface area contributed by atoms with Crippen molar-refractivity contribution in [2.75, 3.05) is 0 Å². The molecule has 1 aromatic carbocycles. The van der Waals surface area contributed by atoms with Crippen LogP contribution < -0.4 is 0 Å². The third-order valence-corrected chi connectivity index (χ3v) is 4.02. The molecule has 0 aliphatic heterocycles. The van der Waals surface area contributed by atoms with E-state index in [-0.39, 0.29) is 0 Å². The monoisotopic (exact) mass is 268 g/mol. The lowest BCUT2D eigenvalue weighted by Crippen LogP contribution is -2.39. The lowest BCUT2D eigenvalue weighted by atomic mass is 9.65. The fourth-order valence-electron chi connectivity index (χ4n) is 2.08. The predicted molar refractivity (Wildman–Crippen MR) is 61.8 cm³/mol. The Morgan fingerprint density at radius 1 is 1.40 bits per heavy atom. The van der Waals surface area contributed by atoms with Crippen LogP contribution >= 0.6 is 15.9 Å². The zero-order valence-electron chi connectivity index (χ0n) is 8.37. The Morgan fingerprint density at radius 3 is 2.53 bits per heavy atom. The molecule has 1 aliphatic rings. The molecule has 0 radical (unpaired) electrons. The molecule has 3 heteroatoms. The minimum atomic E-state index is -0.649. The van der Waals surface area contributed by atoms with Crippen molar-refractivity contribution in [2.24, 2.45) is 5.41 Å². The van der Waals surface area contributed by atoms with Gasteiger partial charge in [-0.05, 0) is 30.9 Å². The number of hydrogen-bond acceptors (Lipinski definition) is 1. The zero-order chi connectivity index (χ0) is 10.9. The van der Waals surface area contributed by atoms with Gasteiger partial charge in [0.2, 0.25) is 0 Å². The third kappa shape index (κ3) is 1.93. The Kier molecular flexibility index (Phi) is 2.83. The van der Waals surface area contributed by atoms with Crippen LogP contribution in [0.1, 0.15) is 24.8 Å². The van der Waals surface area contributed by atoms with Crippen LogP contribution in [0.3, 0.4) is 0 Å². The van der Waals surface area contributed by atoms with Crippen molar-refractivity contribution in [3.05, 3.63) is 34.3 Å². The fourth-order valence-corrected chi connectivity index (χ4v) is 2.50. The summed E-state index contributed by atoms with van der Waals surface area (Å²) in [6.07, 6.45) is 3.30. The molecule has 2 rings (SSSR count). The molecule has 1 aromatic rings. The van der Waals surface area contributed by atoms with Crippen LogP contribution in [-0.2, 0) is 11.2 Å². The van der Waals surface area contributed by atoms with E-state index in [4.69, 9.17) is 0 Å². The number of carboxylic acid groups (broad SMARTS) is 1. The molecule has 0 unspecified atom stereocenters. The number of carboxylic acids is 1. The third-order valence-electron chi connectivity index (χ3n) is 3.25. The maximum absolute atomic E-state index is 11.2. The van der Waals surface area contributed by atoms with Crippen molar-refractivity contribution < 1.29 is 9.90 Å². The Labute approximate surface area is 97.4 Å². The molecular weight excluding hydrogens is 256 g/mol. The van der Waals surface area contributed by atoms with Crippen LogP contribution in [-0.4, -0.2) is 11.1 Å². The standard InChI is InChI=1S/C12H13BrO2/c13-10-5-2-1-4-9(10)8-12(11(14)15)6-3-7-12/h1-2,4-5H,3,6-8H2,(H,14,15). The minimum Gasteiger partial charge on any atom is -0.481 e. The largest absolute Gasteiger partial charge is 0.481 e. The SMILES string of the molecule is O=C(O)C1(Cc2ccccc2Br)CCC1. The Hall–Kier alpha value is -0.830. The molecule has 0 bridgehead atoms. The van der Waals surface area contributed by atoms with Crippen molar-refractivity contribution >= 4 is 21.9 Å². The van der Waals surface area contributed by atoms with Crippen LogP contribution in [0, 0.1) is 5.41 Å². The van der Waals surface area contributed by atoms with E-state index in [1.54, 1.807) is 0 Å². The first-order valence-corrected chi connectivity index (χ1v) is 5.90. The van der Waals surface area contributed by atoms with Crippen molar-refractivity contribution in [2.45, 2.75) is 25.7 Å². The summed E-state index contributed by atoms with van der Waals surface area (Å²) >= 11 is 3.46. The van der Waals surface area contributed by atoms with Gasteiger partial charge in [-0.2, -0.15) is 0 Å². The smallest absolute Gasteiger partial charge is 0.309 e. The van der Waals surface area contributed by atoms with E-state index in [0.29, 0.717) is 6.42 Å². The lowest BCUT2D eigenvalue weighted by Gasteiger charge is -2.38. The molecule has 1 N–H and O–H groups in total. The van der Waals surface area contributed by atoms with Crippen molar-refractivity contribution in [1.82, 2.24) is 0 Å². The molecule has 15 heavy (non-hydrogen) atoms. The number of benzene rings is 1. The molecule has 0 amide bonds. The molecule has 0 saturated heterocycles. The van der Waals surface area contributed by atoms with Crippen LogP contribution in [0.15, 0.2) is 28.7 Å². The van der Waals surface area contributed by atoms with Gasteiger partial charge in [-0.1, -0.05) is 40.5 Å². The summed E-state index contributed by atoms with van der Waals surface area (Å²) < 4.78 is 1.01. The Balaban J connectivity index is 2.21. The highest BCUT2D eigenvalue weighted by Crippen LogP contribution is 2.44. The second kappa shape index (κ2) is 3.97. The average Bonchev–Trinajstić information content (AvgIpc) is 2.13. The average molecular weight is 269 g/mol. The van der Waals surface area contributed by atoms with Gasteiger partial charge < -0.3 is 5.11 Å². The van der Waals surface area contributed by atoms with E-state index in [2.05, 4.69) is 15.9 Å². The van der Waals surface area contributed by atoms with E-state index in [1.165, 1.54) is 0 Å². The second-order valence-electron chi connectivity index (χ2n) is 4.21. The van der Waals surface area contributed by atoms with Gasteiger partial charge in [0.05, 0.1) is 5.41 Å². The van der Waals surface area contributed by atoms with Crippen LogP contribution in [0.4, 0.5) is 0 Å². The molecule has 80 valence electrons. The number of aliphatic carboxylic acids is 1. The normalized spacial score (nSPS) is 18.2. The van der Waals surface area contributed by atoms with Gasteiger partial charge in [-0.15, -0.1) is 0 Å². The van der Waals surface area contributed by atoms with E-state index in [1.807, 2.05) is 24.3 Å². The maximum Gasteiger partial charge on any atom is 0.309 e. The van der Waals surface area contributed by atoms with Gasteiger partial charge in [0.15, 0.2) is 0 Å². The molecule has 1 aliphatic carbocycles. The molecule has 1 saturated carbocycles. The van der Waals surface area contributed by atoms with Crippen molar-refractivity contribution in [3.8, 4) is 0 Å². The highest BCUT2D eigenvalue weighted by atomic mass is 79.9. The van der Waals surface area contributed by atoms with Gasteiger partial charge in [0.25, 0.3) is 0 Å². The molecule has 0 heterocycles. The van der Waals surface area contributed by atoms with Crippen molar-refractivity contribution in [1.29, 1.82) is 0 Å². The number of carbonyl (C=O) groups is 1. The number of rotatable bonds is 3. The van der Waals surface area contributed by atoms with Crippen LogP contribution in [0.2, 0.25) is 0 Å². The summed E-state index contributed by atoms with van der Waals surface area (Å²) in [5.74, 6) is -0.649. The Bertz CT molecular complexity index is 383. The van der Waals surface area contributed by atoms with Gasteiger partial charge >= 0.3 is 5.97 Å². The summed E-state index contributed by atoms with van der Waals surface area (Å²) in [5.41, 5.74) is 0.601. The number of hydrogen-bond donors (Lipinski definition) is 1. The topological polar surface area (TPSA) is 37.3 Å². The fraction of sp³-hybridized carbons (Fsp3) is 0.417. The lowest BCUT2D eigenvalue weighted by molar-refractivity contribution is -0.154. The summed E-state index contributed by atoms with van der Waals surface area (Å²) in [4.78, 5) is 11.2. The first-order valence-electron chi connectivity index (χ1n) is 5.11. The zero-order valence-corrected chi connectivity index (χ0v) is 9.96. The highest BCUT2D eigenvalue weighted by molar-refractivity contribution is 9.10. The maximum atomic E-state index is 11.2. The van der Waals surface area contributed by atoms with Gasteiger partial charge in [-0.3, -0.25) is 4.79 Å². The molecular formula is C12H13BrO2. The highest BCUT2D eigenvalue weighted by Gasteiger charge is 2.44. The Morgan fingerprint density at radius 2 is 2.07 bits per heavy atom. The van der Waals surface area contributed by atoms with Crippen LogP contribution in [0.25, 0.3) is 0 Å². The summed E-state index contributed by atoms with van der Waals surface area (Å²) in [7, 11) is 0. The van der Waals surface area contributed by atoms with Crippen LogP contribution in [0.5, 0.6) is 0 Å². The molecule has 2 nitrogen and oxygen atoms in total. The summed E-state index contributed by atoms with van der Waals surface area (Å²) in [6, 6.07) is 7.85. The van der Waals surface area contributed by atoms with E-state index in [0.717, 1.165) is 29.3 Å². The first kappa shape index (κ1) is 10.7. The molecule has 0 atom stereocenters. The van der Waals surface area contributed by atoms with E-state index >= 15 is 0 Å². The first-order chi connectivity index (χ1) is 7.14. The predicted octanol–water partition coefficient (Wildman–Crippen LogP) is 3.25. The summed E-state index contributed by atoms with van der Waals surface area (Å²) in [6.45, 7) is 0. The molecule has 1 fully saturated rings. The molecule has 0 spiro atoms. The minimum absolute atomic E-state index is 0.496. The summed E-state index contributed by atoms with van der Waals surface area (Å²) in [5, 5.41) is 9.22. The quantitative estimate of drug-likeness (QED) is 0.914. The van der Waals surface area contributed by atoms with E-state index < -0.39 is 11.4 Å². The van der Waals surface area contributed by atoms with Gasteiger partial charge in [-0.25, -0.2) is 0 Å².